The van der Waals surface area contributed by atoms with Crippen LogP contribution in [0.25, 0.3) is 0 Å². The highest BCUT2D eigenvalue weighted by Crippen LogP contribution is 2.18. The van der Waals surface area contributed by atoms with Gasteiger partial charge in [-0.2, -0.15) is 0 Å². The van der Waals surface area contributed by atoms with E-state index in [9.17, 15) is 0 Å². The van der Waals surface area contributed by atoms with Crippen LogP contribution >= 0.6 is 0 Å². The number of nitrogens with zero attached hydrogens (tertiary/aromatic N) is 1. The zero-order valence-electron chi connectivity index (χ0n) is 8.72. The summed E-state index contributed by atoms with van der Waals surface area (Å²) in [5, 5.41) is 0. The maximum atomic E-state index is 2.45. The number of likely N-dealkylation sites (tertiary alicyclic amines) is 1. The van der Waals surface area contributed by atoms with Crippen LogP contribution < -0.4 is 0 Å². The molecule has 0 N–H and O–H groups in total. The lowest BCUT2D eigenvalue weighted by Crippen LogP contribution is -2.37. The van der Waals surface area contributed by atoms with Gasteiger partial charge in [-0.1, -0.05) is 20.8 Å². The molecule has 1 heteroatoms. The number of hydrogen-bond acceptors (Lipinski definition) is 1. The Balaban J connectivity index is 0.000000461. The van der Waals surface area contributed by atoms with Gasteiger partial charge in [-0.05, 0) is 32.7 Å². The molecule has 1 nitrogen and oxygen atoms in total. The van der Waals surface area contributed by atoms with E-state index in [0.29, 0.717) is 0 Å². The predicted molar refractivity (Wildman–Crippen MR) is 51.8 cm³/mol. The summed E-state index contributed by atoms with van der Waals surface area (Å²) in [5.41, 5.74) is 0. The third-order valence-electron chi connectivity index (χ3n) is 2.43. The summed E-state index contributed by atoms with van der Waals surface area (Å²) < 4.78 is 0. The van der Waals surface area contributed by atoms with Gasteiger partial charge in [0.05, 0.1) is 0 Å². The van der Waals surface area contributed by atoms with Gasteiger partial charge in [0.25, 0.3) is 0 Å². The summed E-state index contributed by atoms with van der Waals surface area (Å²) in [5.74, 6) is 0.922. The van der Waals surface area contributed by atoms with Gasteiger partial charge in [0, 0.05) is 12.6 Å². The van der Waals surface area contributed by atoms with Crippen molar-refractivity contribution in [3.8, 4) is 0 Å². The highest BCUT2D eigenvalue weighted by molar-refractivity contribution is 4.73. The van der Waals surface area contributed by atoms with E-state index in [2.05, 4.69) is 25.8 Å². The lowest BCUT2D eigenvalue weighted by Gasteiger charge is -2.33. The smallest absolute Gasteiger partial charge is 0.00641 e. The average Bonchev–Trinajstić information content (AvgIpc) is 2.02. The van der Waals surface area contributed by atoms with Crippen LogP contribution in [0, 0.1) is 5.92 Å². The number of piperidine rings is 1. The van der Waals surface area contributed by atoms with Gasteiger partial charge in [0.1, 0.15) is 0 Å². The van der Waals surface area contributed by atoms with Crippen molar-refractivity contribution in [3.05, 3.63) is 0 Å². The molecule has 0 aromatic heterocycles. The Bertz CT molecular complexity index is 90.9. The molecule has 0 saturated carbocycles. The van der Waals surface area contributed by atoms with Crippen molar-refractivity contribution in [1.29, 1.82) is 0 Å². The number of hydrogen-bond donors (Lipinski definition) is 0. The largest absolute Gasteiger partial charge is 0.303 e. The molecule has 0 bridgehead atoms. The molecule has 0 radical (unpaired) electrons. The van der Waals surface area contributed by atoms with E-state index in [1.165, 1.54) is 19.4 Å². The van der Waals surface area contributed by atoms with Crippen LogP contribution in [0.4, 0.5) is 0 Å². The molecule has 1 fully saturated rings. The molecule has 1 rings (SSSR count). The van der Waals surface area contributed by atoms with Crippen LogP contribution in [0.1, 0.15) is 40.5 Å². The second kappa shape index (κ2) is 5.59. The normalized spacial score (nSPS) is 32.5. The molecule has 0 aliphatic carbocycles. The maximum absolute atomic E-state index is 2.45. The van der Waals surface area contributed by atoms with Crippen molar-refractivity contribution in [3.63, 3.8) is 0 Å². The summed E-state index contributed by atoms with van der Waals surface area (Å²) in [6.07, 6.45) is 2.81. The van der Waals surface area contributed by atoms with Crippen LogP contribution in [0.2, 0.25) is 0 Å². The summed E-state index contributed by atoms with van der Waals surface area (Å²) in [4.78, 5) is 2.45. The second-order valence-electron chi connectivity index (χ2n) is 3.47. The zero-order valence-corrected chi connectivity index (χ0v) is 8.72. The molecule has 2 unspecified atom stereocenters. The Kier molecular flexibility index (Phi) is 5.57. The molecule has 11 heavy (non-hydrogen) atoms. The topological polar surface area (TPSA) is 3.24 Å². The van der Waals surface area contributed by atoms with Crippen LogP contribution in [0.15, 0.2) is 0 Å². The van der Waals surface area contributed by atoms with Crippen molar-refractivity contribution in [1.82, 2.24) is 4.90 Å². The van der Waals surface area contributed by atoms with Crippen LogP contribution in [0.3, 0.4) is 0 Å². The Morgan fingerprint density at radius 1 is 1.09 bits per heavy atom. The molecule has 0 aromatic carbocycles. The molecule has 1 saturated heterocycles. The van der Waals surface area contributed by atoms with Gasteiger partial charge in [-0.25, -0.2) is 0 Å². The minimum atomic E-state index is 0.821. The van der Waals surface area contributed by atoms with Gasteiger partial charge >= 0.3 is 0 Å². The molecule has 2 atom stereocenters. The van der Waals surface area contributed by atoms with Crippen molar-refractivity contribution in [2.45, 2.75) is 46.6 Å². The first-order chi connectivity index (χ1) is 5.20. The summed E-state index contributed by atoms with van der Waals surface area (Å²) >= 11 is 0. The van der Waals surface area contributed by atoms with Crippen molar-refractivity contribution in [2.75, 3.05) is 13.6 Å². The van der Waals surface area contributed by atoms with E-state index in [0.717, 1.165) is 12.0 Å². The monoisotopic (exact) mass is 157 g/mol. The lowest BCUT2D eigenvalue weighted by molar-refractivity contribution is 0.158. The quantitative estimate of drug-likeness (QED) is 0.522. The molecular weight excluding hydrogens is 134 g/mol. The predicted octanol–water partition coefficient (Wildman–Crippen LogP) is 2.76. The Morgan fingerprint density at radius 2 is 1.64 bits per heavy atom. The highest BCUT2D eigenvalue weighted by atomic mass is 15.1. The van der Waals surface area contributed by atoms with Crippen LogP contribution in [0.5, 0.6) is 0 Å². The summed E-state index contributed by atoms with van der Waals surface area (Å²) in [6.45, 7) is 9.94. The third-order valence-corrected chi connectivity index (χ3v) is 2.43. The fourth-order valence-electron chi connectivity index (χ4n) is 1.51. The molecule has 68 valence electrons. The van der Waals surface area contributed by atoms with Gasteiger partial charge in [-0.15, -0.1) is 0 Å². The summed E-state index contributed by atoms with van der Waals surface area (Å²) in [7, 11) is 2.22. The van der Waals surface area contributed by atoms with Gasteiger partial charge in [0.2, 0.25) is 0 Å². The first-order valence-corrected chi connectivity index (χ1v) is 4.90. The number of rotatable bonds is 0. The van der Waals surface area contributed by atoms with Crippen molar-refractivity contribution in [2.24, 2.45) is 5.92 Å². The Morgan fingerprint density at radius 3 is 2.00 bits per heavy atom. The van der Waals surface area contributed by atoms with E-state index in [1.807, 2.05) is 13.8 Å². The van der Waals surface area contributed by atoms with Crippen molar-refractivity contribution >= 4 is 0 Å². The molecule has 1 aliphatic rings. The summed E-state index contributed by atoms with van der Waals surface area (Å²) in [6, 6.07) is 0.821. The maximum Gasteiger partial charge on any atom is 0.00641 e. The molecule has 0 spiro atoms. The Hall–Kier alpha value is -0.0400. The van der Waals surface area contributed by atoms with Gasteiger partial charge in [0.15, 0.2) is 0 Å². The minimum Gasteiger partial charge on any atom is -0.303 e. The Labute approximate surface area is 71.8 Å². The minimum absolute atomic E-state index is 0.821. The SMILES string of the molecule is CC.CC1CCC(C)N(C)C1. The average molecular weight is 157 g/mol. The van der Waals surface area contributed by atoms with Gasteiger partial charge in [-0.3, -0.25) is 0 Å². The van der Waals surface area contributed by atoms with E-state index in [4.69, 9.17) is 0 Å². The van der Waals surface area contributed by atoms with E-state index in [1.54, 1.807) is 0 Å². The molecule has 0 aromatic rings. The van der Waals surface area contributed by atoms with Crippen LogP contribution in [-0.4, -0.2) is 24.5 Å². The van der Waals surface area contributed by atoms with E-state index < -0.39 is 0 Å². The van der Waals surface area contributed by atoms with Crippen molar-refractivity contribution < 1.29 is 0 Å². The lowest BCUT2D eigenvalue weighted by atomic mass is 9.96. The third kappa shape index (κ3) is 3.76. The molecule has 1 aliphatic heterocycles. The zero-order chi connectivity index (χ0) is 8.85. The fraction of sp³-hybridized carbons (Fsp3) is 1.00. The van der Waals surface area contributed by atoms with E-state index in [-0.39, 0.29) is 0 Å². The molecule has 0 amide bonds. The molecule has 1 heterocycles. The van der Waals surface area contributed by atoms with Gasteiger partial charge < -0.3 is 4.90 Å². The van der Waals surface area contributed by atoms with Crippen LogP contribution in [-0.2, 0) is 0 Å². The second-order valence-corrected chi connectivity index (χ2v) is 3.47. The highest BCUT2D eigenvalue weighted by Gasteiger charge is 2.18. The first-order valence-electron chi connectivity index (χ1n) is 4.90. The fourth-order valence-corrected chi connectivity index (χ4v) is 1.51. The standard InChI is InChI=1S/C8H17N.C2H6/c1-7-4-5-8(2)9(3)6-7;1-2/h7-8H,4-6H2,1-3H3;1-2H3. The van der Waals surface area contributed by atoms with E-state index >= 15 is 0 Å². The first kappa shape index (κ1) is 11.0. The molecular formula is C10H23N.